The molecule has 0 radical (unpaired) electrons. The van der Waals surface area contributed by atoms with Crippen LogP contribution in [-0.4, -0.2) is 11.1 Å². The van der Waals surface area contributed by atoms with E-state index in [4.69, 9.17) is 4.74 Å². The molecule has 2 aromatic carbocycles. The zero-order valence-corrected chi connectivity index (χ0v) is 10.4. The van der Waals surface area contributed by atoms with Gasteiger partial charge in [0.15, 0.2) is 0 Å². The molecule has 0 aliphatic heterocycles. The van der Waals surface area contributed by atoms with E-state index in [1.165, 1.54) is 12.1 Å². The highest BCUT2D eigenvalue weighted by Crippen LogP contribution is 2.22. The maximum Gasteiger partial charge on any atom is 0.347 e. The maximum atomic E-state index is 12.0. The van der Waals surface area contributed by atoms with Crippen LogP contribution in [0.15, 0.2) is 61.2 Å². The Kier molecular flexibility index (Phi) is 3.98. The topological polar surface area (TPSA) is 46.5 Å². The first-order valence-corrected chi connectivity index (χ1v) is 5.91. The van der Waals surface area contributed by atoms with E-state index in [0.29, 0.717) is 12.2 Å². The standard InChI is InChI=1S/C16H14O3/c1-2-7-12-8-3-6-11-15(12)19-16(18)13-9-4-5-10-14(13)17/h2-6,8-11,17H,1,7H2. The van der Waals surface area contributed by atoms with E-state index in [0.717, 1.165) is 5.56 Å². The summed E-state index contributed by atoms with van der Waals surface area (Å²) in [6.07, 6.45) is 2.36. The first-order valence-electron chi connectivity index (χ1n) is 5.91. The van der Waals surface area contributed by atoms with Crippen LogP contribution in [0.1, 0.15) is 15.9 Å². The van der Waals surface area contributed by atoms with Crippen LogP contribution in [0.2, 0.25) is 0 Å². The molecule has 19 heavy (non-hydrogen) atoms. The summed E-state index contributed by atoms with van der Waals surface area (Å²) in [4.78, 5) is 12.0. The van der Waals surface area contributed by atoms with Gasteiger partial charge in [-0.2, -0.15) is 0 Å². The summed E-state index contributed by atoms with van der Waals surface area (Å²) in [6.45, 7) is 3.67. The molecule has 0 aromatic heterocycles. The lowest BCUT2D eigenvalue weighted by molar-refractivity contribution is 0.0730. The molecule has 2 rings (SSSR count). The Hall–Kier alpha value is -2.55. The third-order valence-electron chi connectivity index (χ3n) is 2.66. The van der Waals surface area contributed by atoms with Gasteiger partial charge >= 0.3 is 5.97 Å². The first-order chi connectivity index (χ1) is 9.22. The minimum Gasteiger partial charge on any atom is -0.507 e. The molecule has 0 atom stereocenters. The fourth-order valence-electron chi connectivity index (χ4n) is 1.73. The number of allylic oxidation sites excluding steroid dienone is 1. The van der Waals surface area contributed by atoms with Gasteiger partial charge in [0, 0.05) is 0 Å². The molecule has 0 aliphatic carbocycles. The van der Waals surface area contributed by atoms with Crippen LogP contribution in [0.25, 0.3) is 0 Å². The number of hydrogen-bond donors (Lipinski definition) is 1. The molecule has 0 amide bonds. The van der Waals surface area contributed by atoms with Crippen molar-refractivity contribution in [1.82, 2.24) is 0 Å². The van der Waals surface area contributed by atoms with Crippen LogP contribution in [0.5, 0.6) is 11.5 Å². The molecule has 1 N–H and O–H groups in total. The van der Waals surface area contributed by atoms with Crippen molar-refractivity contribution < 1.29 is 14.6 Å². The third kappa shape index (κ3) is 3.01. The van der Waals surface area contributed by atoms with Crippen molar-refractivity contribution in [2.75, 3.05) is 0 Å². The predicted molar refractivity (Wildman–Crippen MR) is 73.4 cm³/mol. The number of carbonyl (C=O) groups excluding carboxylic acids is 1. The number of ether oxygens (including phenoxy) is 1. The molecule has 0 spiro atoms. The quantitative estimate of drug-likeness (QED) is 0.517. The van der Waals surface area contributed by atoms with Gasteiger partial charge in [-0.1, -0.05) is 36.4 Å². The first kappa shape index (κ1) is 12.9. The number of aromatic hydroxyl groups is 1. The lowest BCUT2D eigenvalue weighted by Crippen LogP contribution is -2.09. The smallest absolute Gasteiger partial charge is 0.347 e. The number of phenols is 1. The van der Waals surface area contributed by atoms with Crippen LogP contribution in [0, 0.1) is 0 Å². The molecule has 0 saturated heterocycles. The molecule has 3 nitrogen and oxygen atoms in total. The van der Waals surface area contributed by atoms with Crippen LogP contribution in [0.4, 0.5) is 0 Å². The molecule has 2 aromatic rings. The number of phenolic OH excluding ortho intramolecular Hbond substituents is 1. The molecule has 0 heterocycles. The molecule has 0 unspecified atom stereocenters. The Balaban J connectivity index is 2.24. The van der Waals surface area contributed by atoms with Gasteiger partial charge in [0.2, 0.25) is 0 Å². The van der Waals surface area contributed by atoms with Gasteiger partial charge in [0.05, 0.1) is 0 Å². The number of para-hydroxylation sites is 2. The van der Waals surface area contributed by atoms with Crippen molar-refractivity contribution in [2.45, 2.75) is 6.42 Å². The second kappa shape index (κ2) is 5.87. The third-order valence-corrected chi connectivity index (χ3v) is 2.66. The average Bonchev–Trinajstić information content (AvgIpc) is 2.41. The molecular weight excluding hydrogens is 240 g/mol. The van der Waals surface area contributed by atoms with Crippen molar-refractivity contribution in [1.29, 1.82) is 0 Å². The van der Waals surface area contributed by atoms with Crippen LogP contribution < -0.4 is 4.74 Å². The van der Waals surface area contributed by atoms with E-state index in [1.807, 2.05) is 12.1 Å². The van der Waals surface area contributed by atoms with Gasteiger partial charge in [0.1, 0.15) is 17.1 Å². The Labute approximate surface area is 111 Å². The number of carbonyl (C=O) groups is 1. The summed E-state index contributed by atoms with van der Waals surface area (Å²) < 4.78 is 5.32. The average molecular weight is 254 g/mol. The van der Waals surface area contributed by atoms with E-state index >= 15 is 0 Å². The molecule has 0 saturated carbocycles. The van der Waals surface area contributed by atoms with Gasteiger partial charge in [-0.05, 0) is 30.2 Å². The second-order valence-corrected chi connectivity index (χ2v) is 4.01. The number of esters is 1. The largest absolute Gasteiger partial charge is 0.507 e. The summed E-state index contributed by atoms with van der Waals surface area (Å²) >= 11 is 0. The summed E-state index contributed by atoms with van der Waals surface area (Å²) in [5.41, 5.74) is 1.03. The zero-order valence-electron chi connectivity index (χ0n) is 10.4. The van der Waals surface area contributed by atoms with E-state index < -0.39 is 5.97 Å². The Morgan fingerprint density at radius 2 is 1.84 bits per heavy atom. The van der Waals surface area contributed by atoms with Crippen molar-refractivity contribution in [3.63, 3.8) is 0 Å². The highest BCUT2D eigenvalue weighted by molar-refractivity contribution is 5.93. The summed E-state index contributed by atoms with van der Waals surface area (Å²) in [7, 11) is 0. The van der Waals surface area contributed by atoms with Crippen LogP contribution in [0.3, 0.4) is 0 Å². The number of hydrogen-bond acceptors (Lipinski definition) is 3. The maximum absolute atomic E-state index is 12.0. The monoisotopic (exact) mass is 254 g/mol. The van der Waals surface area contributed by atoms with Crippen molar-refractivity contribution >= 4 is 5.97 Å². The van der Waals surface area contributed by atoms with Gasteiger partial charge in [-0.25, -0.2) is 4.79 Å². The summed E-state index contributed by atoms with van der Waals surface area (Å²) in [5.74, 6) is -0.182. The van der Waals surface area contributed by atoms with Crippen molar-refractivity contribution in [3.05, 3.63) is 72.3 Å². The molecular formula is C16H14O3. The highest BCUT2D eigenvalue weighted by Gasteiger charge is 2.14. The molecule has 0 aliphatic rings. The van der Waals surface area contributed by atoms with Crippen molar-refractivity contribution in [3.8, 4) is 11.5 Å². The van der Waals surface area contributed by atoms with Gasteiger partial charge in [-0.3, -0.25) is 0 Å². The highest BCUT2D eigenvalue weighted by atomic mass is 16.5. The molecule has 0 bridgehead atoms. The predicted octanol–water partition coefficient (Wildman–Crippen LogP) is 3.34. The zero-order chi connectivity index (χ0) is 13.7. The number of rotatable bonds is 4. The second-order valence-electron chi connectivity index (χ2n) is 4.01. The van der Waals surface area contributed by atoms with E-state index in [-0.39, 0.29) is 11.3 Å². The van der Waals surface area contributed by atoms with Crippen molar-refractivity contribution in [2.24, 2.45) is 0 Å². The normalized spacial score (nSPS) is 9.89. The fourth-order valence-corrected chi connectivity index (χ4v) is 1.73. The lowest BCUT2D eigenvalue weighted by Gasteiger charge is -2.09. The summed E-state index contributed by atoms with van der Waals surface area (Å²) in [6, 6.07) is 13.5. The van der Waals surface area contributed by atoms with Gasteiger partial charge < -0.3 is 9.84 Å². The molecule has 3 heteroatoms. The minimum absolute atomic E-state index is 0.0892. The molecule has 96 valence electrons. The van der Waals surface area contributed by atoms with Crippen LogP contribution >= 0.6 is 0 Å². The Bertz CT molecular complexity index is 602. The summed E-state index contributed by atoms with van der Waals surface area (Å²) in [5, 5.41) is 9.61. The Morgan fingerprint density at radius 3 is 2.58 bits per heavy atom. The van der Waals surface area contributed by atoms with Gasteiger partial charge in [0.25, 0.3) is 0 Å². The Morgan fingerprint density at radius 1 is 1.16 bits per heavy atom. The minimum atomic E-state index is -0.574. The van der Waals surface area contributed by atoms with Crippen LogP contribution in [-0.2, 0) is 6.42 Å². The van der Waals surface area contributed by atoms with E-state index in [1.54, 1.807) is 30.3 Å². The molecule has 0 fully saturated rings. The lowest BCUT2D eigenvalue weighted by atomic mass is 10.1. The fraction of sp³-hybridized carbons (Fsp3) is 0.0625. The number of benzene rings is 2. The van der Waals surface area contributed by atoms with Gasteiger partial charge in [-0.15, -0.1) is 6.58 Å². The van der Waals surface area contributed by atoms with E-state index in [9.17, 15) is 9.90 Å². The van der Waals surface area contributed by atoms with E-state index in [2.05, 4.69) is 6.58 Å². The SMILES string of the molecule is C=CCc1ccccc1OC(=O)c1ccccc1O.